The molecule has 20 heavy (non-hydrogen) atoms. The second kappa shape index (κ2) is 5.47. The fourth-order valence-electron chi connectivity index (χ4n) is 1.50. The maximum absolute atomic E-state index is 12.3. The molecule has 0 aromatic carbocycles. The van der Waals surface area contributed by atoms with Gasteiger partial charge in [0.25, 0.3) is 0 Å². The Morgan fingerprint density at radius 1 is 1.30 bits per heavy atom. The lowest BCUT2D eigenvalue weighted by Gasteiger charge is -2.05. The van der Waals surface area contributed by atoms with Crippen LogP contribution in [0.2, 0.25) is 0 Å². The van der Waals surface area contributed by atoms with E-state index in [4.69, 9.17) is 0 Å². The van der Waals surface area contributed by atoms with Crippen LogP contribution in [-0.4, -0.2) is 25.7 Å². The van der Waals surface area contributed by atoms with E-state index in [2.05, 4.69) is 15.5 Å². The molecule has 1 N–H and O–H groups in total. The van der Waals surface area contributed by atoms with Crippen molar-refractivity contribution in [2.24, 2.45) is 0 Å². The highest BCUT2D eigenvalue weighted by molar-refractivity contribution is 5.33. The third-order valence-electron chi connectivity index (χ3n) is 2.31. The molecule has 0 amide bonds. The van der Waals surface area contributed by atoms with Gasteiger partial charge in [-0.05, 0) is 0 Å². The van der Waals surface area contributed by atoms with Crippen LogP contribution in [0.15, 0.2) is 24.7 Å². The first-order valence-corrected chi connectivity index (χ1v) is 5.49. The molecule has 2 aromatic rings. The third-order valence-corrected chi connectivity index (χ3v) is 2.31. The van der Waals surface area contributed by atoms with Crippen LogP contribution < -0.4 is 5.32 Å². The van der Waals surface area contributed by atoms with Crippen LogP contribution in [0.25, 0.3) is 0 Å². The molecule has 0 saturated carbocycles. The van der Waals surface area contributed by atoms with E-state index in [0.717, 1.165) is 10.9 Å². The van der Waals surface area contributed by atoms with E-state index in [1.165, 1.54) is 18.5 Å². The standard InChI is InChI=1S/C10H10F5N5/c11-9(12)20-2-1-8(18-20)16-3-7-4-17-19(5-7)6-10(13,14)15/h1-2,4-5,9H,3,6H2,(H,16,18). The summed E-state index contributed by atoms with van der Waals surface area (Å²) in [7, 11) is 0. The van der Waals surface area contributed by atoms with E-state index < -0.39 is 19.3 Å². The number of halogens is 5. The quantitative estimate of drug-likeness (QED) is 0.863. The monoisotopic (exact) mass is 295 g/mol. The summed E-state index contributed by atoms with van der Waals surface area (Å²) in [5, 5.41) is 9.81. The van der Waals surface area contributed by atoms with Gasteiger partial charge in [-0.15, -0.1) is 0 Å². The van der Waals surface area contributed by atoms with Gasteiger partial charge in [-0.1, -0.05) is 0 Å². The first-order valence-electron chi connectivity index (χ1n) is 5.49. The van der Waals surface area contributed by atoms with Crippen molar-refractivity contribution in [2.45, 2.75) is 25.8 Å². The lowest BCUT2D eigenvalue weighted by molar-refractivity contribution is -0.142. The number of rotatable bonds is 5. The topological polar surface area (TPSA) is 47.7 Å². The fourth-order valence-corrected chi connectivity index (χ4v) is 1.50. The Labute approximate surface area is 110 Å². The Kier molecular flexibility index (Phi) is 3.91. The summed E-state index contributed by atoms with van der Waals surface area (Å²) in [5.74, 6) is 0.203. The van der Waals surface area contributed by atoms with Crippen molar-refractivity contribution in [1.82, 2.24) is 19.6 Å². The molecule has 0 aliphatic carbocycles. The molecule has 110 valence electrons. The zero-order valence-corrected chi connectivity index (χ0v) is 9.98. The van der Waals surface area contributed by atoms with Gasteiger partial charge in [-0.2, -0.15) is 32.1 Å². The number of alkyl halides is 5. The van der Waals surface area contributed by atoms with Crippen LogP contribution in [0, 0.1) is 0 Å². The predicted octanol–water partition coefficient (Wildman–Crippen LogP) is 2.65. The van der Waals surface area contributed by atoms with Gasteiger partial charge in [0.2, 0.25) is 0 Å². The average molecular weight is 295 g/mol. The minimum absolute atomic E-state index is 0.137. The second-order valence-electron chi connectivity index (χ2n) is 3.97. The summed E-state index contributed by atoms with van der Waals surface area (Å²) >= 11 is 0. The molecule has 2 rings (SSSR count). The lowest BCUT2D eigenvalue weighted by atomic mass is 10.3. The van der Waals surface area contributed by atoms with Gasteiger partial charge in [-0.3, -0.25) is 4.68 Å². The fraction of sp³-hybridized carbons (Fsp3) is 0.400. The minimum atomic E-state index is -4.34. The van der Waals surface area contributed by atoms with Crippen LogP contribution in [0.3, 0.4) is 0 Å². The van der Waals surface area contributed by atoms with Gasteiger partial charge < -0.3 is 5.32 Å². The summed E-state index contributed by atoms with van der Waals surface area (Å²) in [5.41, 5.74) is 0.487. The van der Waals surface area contributed by atoms with Crippen molar-refractivity contribution >= 4 is 5.82 Å². The van der Waals surface area contributed by atoms with Crippen molar-refractivity contribution < 1.29 is 22.0 Å². The number of hydrogen-bond acceptors (Lipinski definition) is 3. The maximum Gasteiger partial charge on any atom is 0.408 e. The van der Waals surface area contributed by atoms with E-state index in [1.54, 1.807) is 0 Å². The molecular formula is C10H10F5N5. The van der Waals surface area contributed by atoms with E-state index >= 15 is 0 Å². The highest BCUT2D eigenvalue weighted by Crippen LogP contribution is 2.17. The van der Waals surface area contributed by atoms with Crippen molar-refractivity contribution in [1.29, 1.82) is 0 Å². The zero-order chi connectivity index (χ0) is 14.8. The summed E-state index contributed by atoms with van der Waals surface area (Å²) in [6.07, 6.45) is -0.750. The van der Waals surface area contributed by atoms with E-state index in [0.29, 0.717) is 10.2 Å². The normalized spacial score (nSPS) is 12.1. The molecule has 0 aliphatic heterocycles. The van der Waals surface area contributed by atoms with Crippen LogP contribution in [0.1, 0.15) is 12.1 Å². The van der Waals surface area contributed by atoms with Crippen LogP contribution >= 0.6 is 0 Å². The molecule has 10 heteroatoms. The third kappa shape index (κ3) is 3.93. The number of nitrogens with one attached hydrogen (secondary N) is 1. The van der Waals surface area contributed by atoms with Crippen LogP contribution in [0.4, 0.5) is 27.8 Å². The summed E-state index contributed by atoms with van der Waals surface area (Å²) in [4.78, 5) is 0. The SMILES string of the molecule is FC(F)n1ccc(NCc2cnn(CC(F)(F)F)c2)n1. The molecule has 0 radical (unpaired) electrons. The first kappa shape index (κ1) is 14.3. The van der Waals surface area contributed by atoms with Crippen LogP contribution in [0.5, 0.6) is 0 Å². The smallest absolute Gasteiger partial charge is 0.364 e. The number of anilines is 1. The molecular weight excluding hydrogens is 285 g/mol. The molecule has 2 aromatic heterocycles. The molecule has 0 unspecified atom stereocenters. The van der Waals surface area contributed by atoms with E-state index in [9.17, 15) is 22.0 Å². The van der Waals surface area contributed by atoms with Gasteiger partial charge >= 0.3 is 12.7 Å². The molecule has 0 fully saturated rings. The highest BCUT2D eigenvalue weighted by Gasteiger charge is 2.28. The molecule has 0 spiro atoms. The first-order chi connectivity index (χ1) is 9.33. The van der Waals surface area contributed by atoms with Crippen molar-refractivity contribution in [2.75, 3.05) is 5.32 Å². The number of aromatic nitrogens is 4. The molecule has 2 heterocycles. The number of nitrogens with zero attached hydrogens (tertiary/aromatic N) is 4. The minimum Gasteiger partial charge on any atom is -0.364 e. The van der Waals surface area contributed by atoms with Gasteiger partial charge in [0.05, 0.1) is 6.20 Å². The van der Waals surface area contributed by atoms with Crippen molar-refractivity contribution in [3.8, 4) is 0 Å². The Balaban J connectivity index is 1.90. The highest BCUT2D eigenvalue weighted by atomic mass is 19.4. The summed E-state index contributed by atoms with van der Waals surface area (Å²) < 4.78 is 62.1. The molecule has 0 atom stereocenters. The van der Waals surface area contributed by atoms with Gasteiger partial charge in [0.1, 0.15) is 12.4 Å². The van der Waals surface area contributed by atoms with E-state index in [1.807, 2.05) is 0 Å². The number of hydrogen-bond donors (Lipinski definition) is 1. The Morgan fingerprint density at radius 2 is 2.05 bits per heavy atom. The largest absolute Gasteiger partial charge is 0.408 e. The second-order valence-corrected chi connectivity index (χ2v) is 3.97. The summed E-state index contributed by atoms with van der Waals surface area (Å²) in [6.45, 7) is -3.77. The zero-order valence-electron chi connectivity index (χ0n) is 9.98. The Bertz CT molecular complexity index is 558. The van der Waals surface area contributed by atoms with Gasteiger partial charge in [0, 0.05) is 30.6 Å². The molecule has 0 aliphatic rings. The lowest BCUT2D eigenvalue weighted by Crippen LogP contribution is -2.17. The molecule has 0 saturated heterocycles. The molecule has 5 nitrogen and oxygen atoms in total. The van der Waals surface area contributed by atoms with Crippen molar-refractivity contribution in [3.05, 3.63) is 30.2 Å². The van der Waals surface area contributed by atoms with E-state index in [-0.39, 0.29) is 12.4 Å². The van der Waals surface area contributed by atoms with Gasteiger partial charge in [0.15, 0.2) is 0 Å². The van der Waals surface area contributed by atoms with Crippen molar-refractivity contribution in [3.63, 3.8) is 0 Å². The average Bonchev–Trinajstić information content (AvgIpc) is 2.92. The predicted molar refractivity (Wildman–Crippen MR) is 59.1 cm³/mol. The van der Waals surface area contributed by atoms with Crippen LogP contribution in [-0.2, 0) is 13.1 Å². The Hall–Kier alpha value is -2.13. The molecule has 0 bridgehead atoms. The van der Waals surface area contributed by atoms with Gasteiger partial charge in [-0.25, -0.2) is 4.68 Å². The summed E-state index contributed by atoms with van der Waals surface area (Å²) in [6, 6.07) is 1.34. The maximum atomic E-state index is 12.3. The Morgan fingerprint density at radius 3 is 2.65 bits per heavy atom.